The average molecular weight is 1040 g/mol. The molecule has 2 aromatic heterocycles. The van der Waals surface area contributed by atoms with Gasteiger partial charge in [-0.1, -0.05) is 170 Å². The molecule has 0 spiro atoms. The second-order valence-electron chi connectivity index (χ2n) is 22.9. The number of anilines is 9. The van der Waals surface area contributed by atoms with E-state index in [4.69, 9.17) is 0 Å². The van der Waals surface area contributed by atoms with E-state index >= 15 is 0 Å². The Balaban J connectivity index is 1.03. The standard InChI is InChI=1S/C75H51B2N5/c1-46-37-39-57-63(41-46)81-61-35-21-19-33-54(61)68-56(49-23-9-4-10-24-49)43-66-70(74(68)81)76(57)59-44-60-73(48(3)72(59)79(66)52-29-15-7-16-30-52)80(53-31-17-8-18-32-53)67-45-65(78(50-25-11-5-12-26-50)51-27-13-6-14-28-51)69-55-34-20-22-36-62(55)82-64-42-47(2)38-40-58(64)77(60)71(67)75(69)82/h4-45H,1-3H3. The zero-order valence-electron chi connectivity index (χ0n) is 45.6. The number of aromatic nitrogens is 2. The molecule has 4 aliphatic rings. The van der Waals surface area contributed by atoms with Crippen LogP contribution in [0.2, 0.25) is 0 Å². The van der Waals surface area contributed by atoms with Crippen LogP contribution in [0.3, 0.4) is 0 Å². The van der Waals surface area contributed by atoms with Crippen molar-refractivity contribution >= 4 is 141 Å². The Morgan fingerprint density at radius 2 is 0.780 bits per heavy atom. The van der Waals surface area contributed by atoms with Gasteiger partial charge in [-0.25, -0.2) is 0 Å². The maximum absolute atomic E-state index is 2.69. The lowest BCUT2D eigenvalue weighted by atomic mass is 9.30. The van der Waals surface area contributed by atoms with Crippen LogP contribution in [0.4, 0.5) is 51.2 Å². The van der Waals surface area contributed by atoms with Crippen LogP contribution < -0.4 is 47.5 Å². The molecule has 4 aliphatic heterocycles. The van der Waals surface area contributed by atoms with Crippen LogP contribution in [0.1, 0.15) is 16.7 Å². The third kappa shape index (κ3) is 6.04. The van der Waals surface area contributed by atoms with E-state index in [1.54, 1.807) is 0 Å². The Bertz CT molecular complexity index is 4990. The van der Waals surface area contributed by atoms with Gasteiger partial charge in [-0.05, 0) is 166 Å². The molecular formula is C75H51B2N5. The summed E-state index contributed by atoms with van der Waals surface area (Å²) in [6.07, 6.45) is 0. The minimum Gasteiger partial charge on any atom is -0.311 e. The average Bonchev–Trinajstić information content (AvgIpc) is 1.60. The molecule has 0 bridgehead atoms. The predicted octanol–water partition coefficient (Wildman–Crippen LogP) is 15.2. The number of aryl methyl sites for hydroxylation is 2. The third-order valence-electron chi connectivity index (χ3n) is 18.4. The number of benzene rings is 12. The summed E-state index contributed by atoms with van der Waals surface area (Å²) in [6.45, 7) is 6.74. The minimum atomic E-state index is -0.112. The lowest BCUT2D eigenvalue weighted by molar-refractivity contribution is 1.16. The SMILES string of the molecule is Cc1ccc2c(c1)-n1c3ccccc3c3c(-c4ccccc4)cc4c(c31)B2c1cc2c(c(C)c1N4c1ccccc1)N(c1ccccc1)c1cc(N(c3ccccc3)c3ccccc3)c3c4ccccc4n4c3c1B2c1ccc(C)cc1-4. The van der Waals surface area contributed by atoms with Crippen molar-refractivity contribution in [3.05, 3.63) is 271 Å². The van der Waals surface area contributed by atoms with Gasteiger partial charge in [0.15, 0.2) is 0 Å². The van der Waals surface area contributed by atoms with E-state index in [1.807, 2.05) is 0 Å². The van der Waals surface area contributed by atoms with Crippen molar-refractivity contribution < 1.29 is 0 Å². The molecule has 6 heterocycles. The van der Waals surface area contributed by atoms with E-state index in [-0.39, 0.29) is 13.4 Å². The van der Waals surface area contributed by atoms with Crippen molar-refractivity contribution in [2.45, 2.75) is 20.8 Å². The molecule has 14 aromatic rings. The van der Waals surface area contributed by atoms with Crippen LogP contribution in [0.15, 0.2) is 255 Å². The first kappa shape index (κ1) is 45.6. The lowest BCUT2D eigenvalue weighted by Crippen LogP contribution is -2.65. The molecule has 0 N–H and O–H groups in total. The van der Waals surface area contributed by atoms with Gasteiger partial charge >= 0.3 is 0 Å². The van der Waals surface area contributed by atoms with Gasteiger partial charge in [0.05, 0.1) is 27.8 Å². The van der Waals surface area contributed by atoms with E-state index < -0.39 is 0 Å². The number of rotatable bonds is 6. The highest BCUT2D eigenvalue weighted by Crippen LogP contribution is 2.53. The summed E-state index contributed by atoms with van der Waals surface area (Å²) in [6, 6.07) is 95.8. The Hall–Kier alpha value is -10.2. The van der Waals surface area contributed by atoms with Crippen molar-refractivity contribution in [2.75, 3.05) is 14.7 Å². The van der Waals surface area contributed by atoms with Gasteiger partial charge < -0.3 is 23.8 Å². The highest BCUT2D eigenvalue weighted by Gasteiger charge is 2.49. The quantitative estimate of drug-likeness (QED) is 0.155. The van der Waals surface area contributed by atoms with Gasteiger partial charge in [-0.2, -0.15) is 0 Å². The van der Waals surface area contributed by atoms with Crippen LogP contribution >= 0.6 is 0 Å². The topological polar surface area (TPSA) is 19.6 Å². The van der Waals surface area contributed by atoms with E-state index in [0.29, 0.717) is 0 Å². The number of para-hydroxylation sites is 6. The van der Waals surface area contributed by atoms with Crippen molar-refractivity contribution in [3.8, 4) is 22.5 Å². The first-order valence-corrected chi connectivity index (χ1v) is 28.8. The minimum absolute atomic E-state index is 0.0829. The fraction of sp³-hybridized carbons (Fsp3) is 0.0400. The molecule has 0 atom stereocenters. The fourth-order valence-electron chi connectivity index (χ4n) is 15.3. The molecule has 0 radical (unpaired) electrons. The number of hydrogen-bond donors (Lipinski definition) is 0. The van der Waals surface area contributed by atoms with Crippen LogP contribution in [0.5, 0.6) is 0 Å². The Morgan fingerprint density at radius 1 is 0.354 bits per heavy atom. The monoisotopic (exact) mass is 1040 g/mol. The molecule has 0 unspecified atom stereocenters. The van der Waals surface area contributed by atoms with Crippen molar-refractivity contribution in [3.63, 3.8) is 0 Å². The molecular weight excluding hydrogens is 992 g/mol. The lowest BCUT2D eigenvalue weighted by Gasteiger charge is -2.46. The number of hydrogen-bond acceptors (Lipinski definition) is 3. The second kappa shape index (κ2) is 16.9. The predicted molar refractivity (Wildman–Crippen MR) is 348 cm³/mol. The highest BCUT2D eigenvalue weighted by atomic mass is 15.2. The maximum atomic E-state index is 2.69. The van der Waals surface area contributed by atoms with Gasteiger partial charge in [0.2, 0.25) is 0 Å². The maximum Gasteiger partial charge on any atom is 0.252 e. The van der Waals surface area contributed by atoms with Gasteiger partial charge in [0, 0.05) is 78.4 Å². The van der Waals surface area contributed by atoms with Gasteiger partial charge in [0.25, 0.3) is 13.4 Å². The summed E-state index contributed by atoms with van der Waals surface area (Å²) < 4.78 is 5.23. The van der Waals surface area contributed by atoms with E-state index in [9.17, 15) is 0 Å². The Kier molecular flexibility index (Phi) is 9.40. The first-order chi connectivity index (χ1) is 40.5. The highest BCUT2D eigenvalue weighted by molar-refractivity contribution is 7.03. The Labute approximate surface area is 477 Å². The van der Waals surface area contributed by atoms with Crippen LogP contribution in [-0.4, -0.2) is 22.6 Å². The van der Waals surface area contributed by atoms with Crippen molar-refractivity contribution in [2.24, 2.45) is 0 Å². The fourth-order valence-corrected chi connectivity index (χ4v) is 15.3. The molecule has 382 valence electrons. The summed E-state index contributed by atoms with van der Waals surface area (Å²) in [7, 11) is 0. The molecule has 18 rings (SSSR count). The zero-order valence-corrected chi connectivity index (χ0v) is 45.6. The largest absolute Gasteiger partial charge is 0.311 e. The van der Waals surface area contributed by atoms with Gasteiger partial charge in [-0.15, -0.1) is 0 Å². The molecule has 5 nitrogen and oxygen atoms in total. The summed E-state index contributed by atoms with van der Waals surface area (Å²) in [5, 5.41) is 5.05. The van der Waals surface area contributed by atoms with Crippen LogP contribution in [-0.2, 0) is 0 Å². The summed E-state index contributed by atoms with van der Waals surface area (Å²) in [4.78, 5) is 7.77. The van der Waals surface area contributed by atoms with Crippen molar-refractivity contribution in [1.82, 2.24) is 9.13 Å². The third-order valence-corrected chi connectivity index (χ3v) is 18.4. The second-order valence-corrected chi connectivity index (χ2v) is 22.9. The van der Waals surface area contributed by atoms with Gasteiger partial charge in [0.1, 0.15) is 0 Å². The molecule has 0 fully saturated rings. The van der Waals surface area contributed by atoms with Crippen molar-refractivity contribution in [1.29, 1.82) is 0 Å². The van der Waals surface area contributed by atoms with Crippen LogP contribution in [0, 0.1) is 20.8 Å². The molecule has 7 heteroatoms. The number of nitrogens with zero attached hydrogens (tertiary/aromatic N) is 5. The Morgan fingerprint density at radius 3 is 1.29 bits per heavy atom. The first-order valence-electron chi connectivity index (χ1n) is 28.8. The molecule has 82 heavy (non-hydrogen) atoms. The number of fused-ring (bicyclic) bond motifs is 16. The smallest absolute Gasteiger partial charge is 0.252 e. The molecule has 0 saturated heterocycles. The zero-order chi connectivity index (χ0) is 54.1. The van der Waals surface area contributed by atoms with E-state index in [2.05, 4.69) is 299 Å². The van der Waals surface area contributed by atoms with Gasteiger partial charge in [-0.3, -0.25) is 0 Å². The summed E-state index contributed by atoms with van der Waals surface area (Å²) in [5.74, 6) is 0. The van der Waals surface area contributed by atoms with E-state index in [1.165, 1.54) is 138 Å². The molecule has 0 amide bonds. The summed E-state index contributed by atoms with van der Waals surface area (Å²) in [5.41, 5.74) is 32.0. The normalized spacial score (nSPS) is 13.2. The molecule has 0 saturated carbocycles. The molecule has 0 aliphatic carbocycles. The molecule has 12 aromatic carbocycles. The van der Waals surface area contributed by atoms with E-state index in [0.717, 1.165) is 28.4 Å². The summed E-state index contributed by atoms with van der Waals surface area (Å²) >= 11 is 0. The van der Waals surface area contributed by atoms with Crippen LogP contribution in [0.25, 0.3) is 66.1 Å².